The molecular formula is C14H22N4O3. The van der Waals surface area contributed by atoms with Crippen molar-refractivity contribution in [1.82, 2.24) is 20.0 Å². The van der Waals surface area contributed by atoms with Crippen molar-refractivity contribution < 1.29 is 14.3 Å². The van der Waals surface area contributed by atoms with Crippen molar-refractivity contribution in [3.63, 3.8) is 0 Å². The third-order valence-electron chi connectivity index (χ3n) is 3.51. The molecule has 7 heteroatoms. The predicted molar refractivity (Wildman–Crippen MR) is 76.5 cm³/mol. The topological polar surface area (TPSA) is 76.5 Å². The quantitative estimate of drug-likeness (QED) is 0.820. The maximum Gasteiger partial charge on any atom is 0.246 e. The standard InChI is InChI=1S/C14H22N4O3/c1-3-4-14(20)17-8-11-5-6-16-18(11)12(9-17)7-15-13(19)10-21-2/h5-6,12H,3-4,7-10H2,1-2H3,(H,15,19)/t12-/m1/s1. The number of ether oxygens (including phenoxy) is 1. The molecule has 0 aliphatic carbocycles. The van der Waals surface area contributed by atoms with Gasteiger partial charge >= 0.3 is 0 Å². The summed E-state index contributed by atoms with van der Waals surface area (Å²) in [6.45, 7) is 3.63. The molecule has 0 unspecified atom stereocenters. The summed E-state index contributed by atoms with van der Waals surface area (Å²) in [6, 6.07) is 1.88. The lowest BCUT2D eigenvalue weighted by Crippen LogP contribution is -2.45. The molecule has 116 valence electrons. The molecule has 7 nitrogen and oxygen atoms in total. The first-order chi connectivity index (χ1) is 10.2. The van der Waals surface area contributed by atoms with E-state index in [2.05, 4.69) is 10.4 Å². The molecule has 1 aromatic rings. The molecule has 1 aromatic heterocycles. The fourth-order valence-electron chi connectivity index (χ4n) is 2.51. The van der Waals surface area contributed by atoms with Gasteiger partial charge in [-0.3, -0.25) is 14.3 Å². The lowest BCUT2D eigenvalue weighted by molar-refractivity contribution is -0.133. The minimum absolute atomic E-state index is 0.0367. The Morgan fingerprint density at radius 2 is 2.33 bits per heavy atom. The molecule has 0 fully saturated rings. The number of hydrogen-bond donors (Lipinski definition) is 1. The van der Waals surface area contributed by atoms with E-state index in [9.17, 15) is 9.59 Å². The zero-order valence-corrected chi connectivity index (χ0v) is 12.5. The van der Waals surface area contributed by atoms with E-state index in [-0.39, 0.29) is 24.5 Å². The zero-order valence-electron chi connectivity index (χ0n) is 12.5. The Bertz CT molecular complexity index is 500. The van der Waals surface area contributed by atoms with Crippen LogP contribution in [0.2, 0.25) is 0 Å². The highest BCUT2D eigenvalue weighted by Gasteiger charge is 2.28. The molecule has 1 N–H and O–H groups in total. The molecule has 0 radical (unpaired) electrons. The molecule has 1 atom stereocenters. The number of carbonyl (C=O) groups is 2. The van der Waals surface area contributed by atoms with Crippen molar-refractivity contribution in [3.8, 4) is 0 Å². The van der Waals surface area contributed by atoms with E-state index >= 15 is 0 Å². The molecule has 0 saturated carbocycles. The van der Waals surface area contributed by atoms with E-state index in [4.69, 9.17) is 4.74 Å². The SMILES string of the molecule is CCCC(=O)N1Cc2ccnn2[C@H](CNC(=O)COC)C1. The van der Waals surface area contributed by atoms with Crippen LogP contribution in [0.25, 0.3) is 0 Å². The first kappa shape index (κ1) is 15.5. The molecule has 0 spiro atoms. The highest BCUT2D eigenvalue weighted by atomic mass is 16.5. The number of fused-ring (bicyclic) bond motifs is 1. The Balaban J connectivity index is 2.02. The average Bonchev–Trinajstić information content (AvgIpc) is 2.93. The first-order valence-corrected chi connectivity index (χ1v) is 7.21. The molecule has 1 aliphatic rings. The summed E-state index contributed by atoms with van der Waals surface area (Å²) in [7, 11) is 1.48. The number of aromatic nitrogens is 2. The number of nitrogens with zero attached hydrogens (tertiary/aromatic N) is 3. The lowest BCUT2D eigenvalue weighted by atomic mass is 10.1. The molecule has 21 heavy (non-hydrogen) atoms. The number of hydrogen-bond acceptors (Lipinski definition) is 4. The van der Waals surface area contributed by atoms with Gasteiger partial charge in [0.15, 0.2) is 0 Å². The first-order valence-electron chi connectivity index (χ1n) is 7.21. The number of amides is 2. The molecule has 0 aromatic carbocycles. The summed E-state index contributed by atoms with van der Waals surface area (Å²) in [6.07, 6.45) is 3.12. The number of nitrogens with one attached hydrogen (secondary N) is 1. The second-order valence-corrected chi connectivity index (χ2v) is 5.18. The lowest BCUT2D eigenvalue weighted by Gasteiger charge is -2.34. The Hall–Kier alpha value is -1.89. The Morgan fingerprint density at radius 3 is 3.05 bits per heavy atom. The molecule has 2 amide bonds. The predicted octanol–water partition coefficient (Wildman–Crippen LogP) is 0.329. The smallest absolute Gasteiger partial charge is 0.246 e. The Kier molecular flexibility index (Phi) is 5.32. The molecular weight excluding hydrogens is 272 g/mol. The van der Waals surface area contributed by atoms with Crippen molar-refractivity contribution >= 4 is 11.8 Å². The van der Waals surface area contributed by atoms with Crippen molar-refractivity contribution in [2.75, 3.05) is 26.8 Å². The molecule has 2 heterocycles. The van der Waals surface area contributed by atoms with E-state index in [0.29, 0.717) is 26.1 Å². The number of rotatable bonds is 6. The van der Waals surface area contributed by atoms with Gasteiger partial charge in [0.1, 0.15) is 6.61 Å². The van der Waals surface area contributed by atoms with Crippen LogP contribution in [0.1, 0.15) is 31.5 Å². The van der Waals surface area contributed by atoms with Crippen LogP contribution < -0.4 is 5.32 Å². The molecule has 0 bridgehead atoms. The van der Waals surface area contributed by atoms with E-state index in [0.717, 1.165) is 12.1 Å². The normalized spacial score (nSPS) is 17.4. The Morgan fingerprint density at radius 1 is 1.52 bits per heavy atom. The van der Waals surface area contributed by atoms with Gasteiger partial charge in [-0.1, -0.05) is 6.92 Å². The van der Waals surface area contributed by atoms with E-state index in [1.165, 1.54) is 7.11 Å². The van der Waals surface area contributed by atoms with Crippen LogP contribution in [0.15, 0.2) is 12.3 Å². The van der Waals surface area contributed by atoms with E-state index in [1.54, 1.807) is 6.20 Å². The fourth-order valence-corrected chi connectivity index (χ4v) is 2.51. The second-order valence-electron chi connectivity index (χ2n) is 5.18. The molecule has 0 saturated heterocycles. The number of carbonyl (C=O) groups excluding carboxylic acids is 2. The van der Waals surface area contributed by atoms with Crippen LogP contribution in [0, 0.1) is 0 Å². The zero-order chi connectivity index (χ0) is 15.2. The maximum absolute atomic E-state index is 12.1. The van der Waals surface area contributed by atoms with Crippen LogP contribution in [-0.4, -0.2) is 53.3 Å². The summed E-state index contributed by atoms with van der Waals surface area (Å²) in [5, 5.41) is 7.11. The van der Waals surface area contributed by atoms with Crippen molar-refractivity contribution in [2.24, 2.45) is 0 Å². The van der Waals surface area contributed by atoms with Gasteiger partial charge in [0.05, 0.1) is 18.3 Å². The van der Waals surface area contributed by atoms with Crippen LogP contribution in [0.5, 0.6) is 0 Å². The van der Waals surface area contributed by atoms with Gasteiger partial charge in [-0.25, -0.2) is 0 Å². The van der Waals surface area contributed by atoms with Gasteiger partial charge in [-0.15, -0.1) is 0 Å². The summed E-state index contributed by atoms with van der Waals surface area (Å²) in [5.41, 5.74) is 0.997. The van der Waals surface area contributed by atoms with Crippen LogP contribution >= 0.6 is 0 Å². The third kappa shape index (κ3) is 3.81. The summed E-state index contributed by atoms with van der Waals surface area (Å²) >= 11 is 0. The highest BCUT2D eigenvalue weighted by Crippen LogP contribution is 2.20. The van der Waals surface area contributed by atoms with Crippen LogP contribution in [0.3, 0.4) is 0 Å². The molecule has 1 aliphatic heterocycles. The third-order valence-corrected chi connectivity index (χ3v) is 3.51. The van der Waals surface area contributed by atoms with E-state index < -0.39 is 0 Å². The summed E-state index contributed by atoms with van der Waals surface area (Å²) in [4.78, 5) is 25.5. The largest absolute Gasteiger partial charge is 0.375 e. The van der Waals surface area contributed by atoms with Crippen LogP contribution in [-0.2, 0) is 20.9 Å². The van der Waals surface area contributed by atoms with Crippen molar-refractivity contribution in [2.45, 2.75) is 32.4 Å². The van der Waals surface area contributed by atoms with Gasteiger partial charge in [0.2, 0.25) is 11.8 Å². The minimum atomic E-state index is -0.164. The minimum Gasteiger partial charge on any atom is -0.375 e. The molecule has 2 rings (SSSR count). The van der Waals surface area contributed by atoms with Gasteiger partial charge in [-0.05, 0) is 12.5 Å². The number of methoxy groups -OCH3 is 1. The van der Waals surface area contributed by atoms with Crippen molar-refractivity contribution in [1.29, 1.82) is 0 Å². The van der Waals surface area contributed by atoms with Crippen LogP contribution in [0.4, 0.5) is 0 Å². The van der Waals surface area contributed by atoms with Crippen molar-refractivity contribution in [3.05, 3.63) is 18.0 Å². The summed E-state index contributed by atoms with van der Waals surface area (Å²) in [5.74, 6) is -0.0126. The van der Waals surface area contributed by atoms with Gasteiger partial charge in [0, 0.05) is 32.8 Å². The maximum atomic E-state index is 12.1. The fraction of sp³-hybridized carbons (Fsp3) is 0.643. The average molecular weight is 294 g/mol. The van der Waals surface area contributed by atoms with E-state index in [1.807, 2.05) is 22.6 Å². The Labute approximate surface area is 124 Å². The van der Waals surface area contributed by atoms with Gasteiger partial charge < -0.3 is 15.0 Å². The monoisotopic (exact) mass is 294 g/mol. The van der Waals surface area contributed by atoms with Gasteiger partial charge in [-0.2, -0.15) is 5.10 Å². The second kappa shape index (κ2) is 7.21. The highest BCUT2D eigenvalue weighted by molar-refractivity contribution is 5.77. The summed E-state index contributed by atoms with van der Waals surface area (Å²) < 4.78 is 6.68. The van der Waals surface area contributed by atoms with Gasteiger partial charge in [0.25, 0.3) is 0 Å².